The minimum atomic E-state index is -1.28. The van der Waals surface area contributed by atoms with E-state index >= 15 is 0 Å². The zero-order valence-corrected chi connectivity index (χ0v) is 14.8. The molecular formula is C9H19I3. The van der Waals surface area contributed by atoms with E-state index in [1.165, 1.54) is 6.42 Å². The molecule has 0 amide bonds. The van der Waals surface area contributed by atoms with Gasteiger partial charge in [0.25, 0.3) is 0 Å². The van der Waals surface area contributed by atoms with E-state index < -0.39 is 14.5 Å². The summed E-state index contributed by atoms with van der Waals surface area (Å²) in [4.78, 5) is 5.13. The monoisotopic (exact) mass is 508 g/mol. The summed E-state index contributed by atoms with van der Waals surface area (Å²) in [7, 11) is 0. The van der Waals surface area contributed by atoms with Crippen LogP contribution in [0.5, 0.6) is 0 Å². The molecule has 0 aromatic heterocycles. The number of halogens is 3. The Labute approximate surface area is 104 Å². The maximum atomic E-state index is 2.71. The Balaban J connectivity index is 2.71. The van der Waals surface area contributed by atoms with E-state index in [0.717, 1.165) is 19.7 Å². The van der Waals surface area contributed by atoms with E-state index in [4.69, 9.17) is 0 Å². The maximum absolute atomic E-state index is 2.71. The molecule has 0 aliphatic heterocycles. The molecule has 0 heterocycles. The summed E-state index contributed by atoms with van der Waals surface area (Å²) >= 11 is 3.92. The van der Waals surface area contributed by atoms with Crippen molar-refractivity contribution < 1.29 is 33.1 Å². The normalized spacial score (nSPS) is 44.8. The first kappa shape index (κ1) is 12.3. The van der Waals surface area contributed by atoms with Gasteiger partial charge in [-0.2, -0.15) is 0 Å². The van der Waals surface area contributed by atoms with Crippen LogP contribution in [0, 0.1) is 11.8 Å². The average molecular weight is 508 g/mol. The molecule has 1 aliphatic carbocycles. The molecular weight excluding hydrogens is 489 g/mol. The molecule has 0 spiro atoms. The summed E-state index contributed by atoms with van der Waals surface area (Å²) in [6.07, 6.45) is 1.51. The number of rotatable bonds is 1. The van der Waals surface area contributed by atoms with Crippen LogP contribution in [0.25, 0.3) is 0 Å². The first-order chi connectivity index (χ1) is 5.34. The summed E-state index contributed by atoms with van der Waals surface area (Å²) in [6.45, 7) is 4.87. The summed E-state index contributed by atoms with van der Waals surface area (Å²) in [6, 6.07) is 0. The average Bonchev–Trinajstić information content (AvgIpc) is 2.15. The minimum absolute atomic E-state index is 0.958. The van der Waals surface area contributed by atoms with Crippen LogP contribution >= 0.6 is 22.6 Å². The van der Waals surface area contributed by atoms with Crippen molar-refractivity contribution in [3.63, 3.8) is 0 Å². The Morgan fingerprint density at radius 2 is 1.83 bits per heavy atom. The molecule has 76 valence electrons. The second kappa shape index (κ2) is 4.37. The molecule has 12 heavy (non-hydrogen) atoms. The van der Waals surface area contributed by atoms with Crippen molar-refractivity contribution in [3.05, 3.63) is 0 Å². The topological polar surface area (TPSA) is 0 Å². The molecule has 0 aromatic carbocycles. The van der Waals surface area contributed by atoms with Gasteiger partial charge in [-0.1, -0.05) is 0 Å². The molecule has 1 rings (SSSR count). The molecule has 4 atom stereocenters. The van der Waals surface area contributed by atoms with E-state index in [9.17, 15) is 0 Å². The van der Waals surface area contributed by atoms with Crippen molar-refractivity contribution in [2.45, 2.75) is 28.1 Å². The van der Waals surface area contributed by atoms with Gasteiger partial charge in [0, 0.05) is 0 Å². The SMILES string of the molecule is C[C@H]1CC([I-](C)(C)[IH+])C(I)[C@@H]1C. The second-order valence-electron chi connectivity index (χ2n) is 4.24. The van der Waals surface area contributed by atoms with Crippen LogP contribution in [0.1, 0.15) is 20.3 Å². The van der Waals surface area contributed by atoms with Crippen LogP contribution < -0.4 is 33.1 Å². The fourth-order valence-electron chi connectivity index (χ4n) is 1.85. The first-order valence-corrected chi connectivity index (χ1v) is 17.9. The van der Waals surface area contributed by atoms with Gasteiger partial charge in [0.05, 0.1) is 0 Å². The van der Waals surface area contributed by atoms with Crippen LogP contribution in [-0.4, -0.2) is 17.7 Å². The molecule has 0 N–H and O–H groups in total. The molecule has 1 fully saturated rings. The quantitative estimate of drug-likeness (QED) is 0.255. The van der Waals surface area contributed by atoms with Crippen LogP contribution in [0.2, 0.25) is 0 Å². The first-order valence-electron chi connectivity index (χ1n) is 4.32. The Kier molecular flexibility index (Phi) is 4.46. The van der Waals surface area contributed by atoms with Crippen LogP contribution in [0.4, 0.5) is 0 Å². The van der Waals surface area contributed by atoms with Crippen LogP contribution in [0.3, 0.4) is 0 Å². The third-order valence-corrected chi connectivity index (χ3v) is 15.9. The Morgan fingerprint density at radius 3 is 2.00 bits per heavy atom. The van der Waals surface area contributed by atoms with Crippen LogP contribution in [-0.2, 0) is 0 Å². The molecule has 3 heteroatoms. The standard InChI is InChI=1S/C9H19I3/c1-6-5-8(12(3,4)11)9(10)7(6)2/h6-9,11H,5H2,1-4H3/t6-,7+,8?,9?/m0/s1. The van der Waals surface area contributed by atoms with Crippen molar-refractivity contribution in [1.29, 1.82) is 0 Å². The Morgan fingerprint density at radius 1 is 1.33 bits per heavy atom. The third kappa shape index (κ3) is 2.61. The van der Waals surface area contributed by atoms with Gasteiger partial charge < -0.3 is 0 Å². The van der Waals surface area contributed by atoms with Gasteiger partial charge >= 0.3 is 105 Å². The van der Waals surface area contributed by atoms with E-state index in [1.807, 2.05) is 0 Å². The van der Waals surface area contributed by atoms with E-state index in [2.05, 4.69) is 64.9 Å². The fraction of sp³-hybridized carbons (Fsp3) is 1.00. The summed E-state index contributed by atoms with van der Waals surface area (Å²) in [5, 5.41) is 0. The van der Waals surface area contributed by atoms with E-state index in [-0.39, 0.29) is 0 Å². The van der Waals surface area contributed by atoms with Gasteiger partial charge in [-0.15, -0.1) is 0 Å². The molecule has 0 saturated heterocycles. The molecule has 0 aromatic rings. The van der Waals surface area contributed by atoms with Crippen LogP contribution in [0.15, 0.2) is 0 Å². The summed E-state index contributed by atoms with van der Waals surface area (Å²) in [5.74, 6) is 1.93. The predicted molar refractivity (Wildman–Crippen MR) is 57.8 cm³/mol. The third-order valence-electron chi connectivity index (χ3n) is 3.02. The second-order valence-corrected chi connectivity index (χ2v) is 29.4. The van der Waals surface area contributed by atoms with Crippen molar-refractivity contribution in [1.82, 2.24) is 0 Å². The zero-order valence-electron chi connectivity index (χ0n) is 8.18. The number of alkyl halides is 4. The Bertz CT molecular complexity index is 162. The fourth-order valence-corrected chi connectivity index (χ4v) is 19.1. The van der Waals surface area contributed by atoms with E-state index in [0.29, 0.717) is 0 Å². The molecule has 0 bridgehead atoms. The van der Waals surface area contributed by atoms with Gasteiger partial charge in [-0.3, -0.25) is 0 Å². The van der Waals surface area contributed by atoms with Gasteiger partial charge in [0.1, 0.15) is 0 Å². The zero-order chi connectivity index (χ0) is 9.52. The summed E-state index contributed by atoms with van der Waals surface area (Å²) in [5.41, 5.74) is 0. The molecule has 0 radical (unpaired) electrons. The van der Waals surface area contributed by atoms with E-state index in [1.54, 1.807) is 0 Å². The number of hydrogen-bond acceptors (Lipinski definition) is 0. The van der Waals surface area contributed by atoms with Crippen molar-refractivity contribution >= 4 is 22.6 Å². The molecule has 0 nitrogen and oxygen atoms in total. The van der Waals surface area contributed by atoms with Crippen molar-refractivity contribution in [2.75, 3.05) is 9.86 Å². The molecule has 1 aliphatic rings. The van der Waals surface area contributed by atoms with Gasteiger partial charge in [-0.25, -0.2) is 0 Å². The Hall–Kier alpha value is 2.19. The van der Waals surface area contributed by atoms with Gasteiger partial charge in [0.2, 0.25) is 0 Å². The molecule has 2 unspecified atom stereocenters. The van der Waals surface area contributed by atoms with Crippen molar-refractivity contribution in [2.24, 2.45) is 11.8 Å². The van der Waals surface area contributed by atoms with Gasteiger partial charge in [-0.05, 0) is 0 Å². The predicted octanol–water partition coefficient (Wildman–Crippen LogP) is -3.54. The van der Waals surface area contributed by atoms with Gasteiger partial charge in [0.15, 0.2) is 0 Å². The van der Waals surface area contributed by atoms with Crippen molar-refractivity contribution in [3.8, 4) is 0 Å². The molecule has 1 saturated carbocycles. The summed E-state index contributed by atoms with van der Waals surface area (Å²) < 4.78 is 2.07. The number of hydrogen-bond donors (Lipinski definition) is 0.